The predicted octanol–water partition coefficient (Wildman–Crippen LogP) is 4.63. The molecule has 0 aliphatic carbocycles. The summed E-state index contributed by atoms with van der Waals surface area (Å²) in [4.78, 5) is 15.0. The van der Waals surface area contributed by atoms with E-state index in [0.29, 0.717) is 28.2 Å². The fraction of sp³-hybridized carbons (Fsp3) is 0.318. The highest BCUT2D eigenvalue weighted by Gasteiger charge is 2.18. The molecule has 142 valence electrons. The van der Waals surface area contributed by atoms with Gasteiger partial charge in [0.1, 0.15) is 17.1 Å². The van der Waals surface area contributed by atoms with Crippen LogP contribution >= 0.6 is 0 Å². The van der Waals surface area contributed by atoms with Gasteiger partial charge in [-0.05, 0) is 50.6 Å². The molecule has 0 spiro atoms. The molecule has 5 nitrogen and oxygen atoms in total. The van der Waals surface area contributed by atoms with Gasteiger partial charge in [0.2, 0.25) is 0 Å². The summed E-state index contributed by atoms with van der Waals surface area (Å²) in [5.41, 5.74) is 3.34. The van der Waals surface area contributed by atoms with Crippen LogP contribution in [0.25, 0.3) is 22.1 Å². The van der Waals surface area contributed by atoms with Crippen molar-refractivity contribution in [2.45, 2.75) is 20.8 Å². The molecule has 0 unspecified atom stereocenters. The van der Waals surface area contributed by atoms with Gasteiger partial charge in [-0.3, -0.25) is 0 Å². The molecule has 3 rings (SSSR count). The molecule has 0 amide bonds. The first kappa shape index (κ1) is 18.8. The fourth-order valence-electron chi connectivity index (χ4n) is 3.45. The Balaban J connectivity index is 2.22. The maximum atomic E-state index is 12.8. The smallest absolute Gasteiger partial charge is 0.344 e. The number of nitrogens with zero attached hydrogens (tertiary/aromatic N) is 1. The van der Waals surface area contributed by atoms with Crippen LogP contribution in [0.5, 0.6) is 11.5 Å². The van der Waals surface area contributed by atoms with Crippen molar-refractivity contribution in [3.63, 3.8) is 0 Å². The summed E-state index contributed by atoms with van der Waals surface area (Å²) in [6.07, 6.45) is 0. The fourth-order valence-corrected chi connectivity index (χ4v) is 3.45. The molecule has 1 aromatic heterocycles. The van der Waals surface area contributed by atoms with Crippen molar-refractivity contribution in [1.29, 1.82) is 0 Å². The van der Waals surface area contributed by atoms with Crippen molar-refractivity contribution in [3.05, 3.63) is 52.4 Å². The highest BCUT2D eigenvalue weighted by Crippen LogP contribution is 2.36. The molecule has 27 heavy (non-hydrogen) atoms. The normalized spacial score (nSPS) is 10.9. The summed E-state index contributed by atoms with van der Waals surface area (Å²) < 4.78 is 16.4. The second-order valence-electron chi connectivity index (χ2n) is 6.31. The second kappa shape index (κ2) is 7.74. The molecule has 0 saturated heterocycles. The average Bonchev–Trinajstić information content (AvgIpc) is 2.68. The highest BCUT2D eigenvalue weighted by atomic mass is 16.5. The third-order valence-corrected chi connectivity index (χ3v) is 4.96. The Morgan fingerprint density at radius 1 is 1.00 bits per heavy atom. The number of ether oxygens (including phenoxy) is 2. The Morgan fingerprint density at radius 3 is 2.37 bits per heavy atom. The number of anilines is 1. The van der Waals surface area contributed by atoms with E-state index in [1.807, 2.05) is 31.2 Å². The minimum absolute atomic E-state index is 0.375. The maximum Gasteiger partial charge on any atom is 0.344 e. The van der Waals surface area contributed by atoms with E-state index < -0.39 is 0 Å². The third-order valence-electron chi connectivity index (χ3n) is 4.96. The molecule has 0 atom stereocenters. The van der Waals surface area contributed by atoms with Gasteiger partial charge in [0.15, 0.2) is 0 Å². The SMILES string of the molecule is CCN(CC)c1ccc2c(C)c(-c3ccc(OC)cc3OC)c(=O)oc2c1. The molecular formula is C22H25NO4. The molecule has 1 heterocycles. The zero-order chi connectivity index (χ0) is 19.6. The molecule has 0 saturated carbocycles. The Labute approximate surface area is 159 Å². The van der Waals surface area contributed by atoms with Gasteiger partial charge in [0.05, 0.1) is 19.8 Å². The summed E-state index contributed by atoms with van der Waals surface area (Å²) in [7, 11) is 3.17. The van der Waals surface area contributed by atoms with E-state index in [2.05, 4.69) is 24.8 Å². The molecule has 0 fully saturated rings. The van der Waals surface area contributed by atoms with Crippen molar-refractivity contribution < 1.29 is 13.9 Å². The standard InChI is InChI=1S/C22H25NO4/c1-6-23(7-2)15-8-10-17-14(3)21(22(24)27-20(17)12-15)18-11-9-16(25-4)13-19(18)26-5/h8-13H,6-7H2,1-5H3. The number of benzene rings is 2. The zero-order valence-corrected chi connectivity index (χ0v) is 16.5. The van der Waals surface area contributed by atoms with Crippen LogP contribution in [0.2, 0.25) is 0 Å². The first-order valence-corrected chi connectivity index (χ1v) is 9.08. The Kier molecular flexibility index (Phi) is 5.40. The monoisotopic (exact) mass is 367 g/mol. The quantitative estimate of drug-likeness (QED) is 0.595. The summed E-state index contributed by atoms with van der Waals surface area (Å²) >= 11 is 0. The van der Waals surface area contributed by atoms with E-state index >= 15 is 0 Å². The topological polar surface area (TPSA) is 51.9 Å². The molecular weight excluding hydrogens is 342 g/mol. The van der Waals surface area contributed by atoms with Gasteiger partial charge in [-0.2, -0.15) is 0 Å². The van der Waals surface area contributed by atoms with E-state index in [-0.39, 0.29) is 5.63 Å². The van der Waals surface area contributed by atoms with Crippen molar-refractivity contribution in [2.75, 3.05) is 32.2 Å². The molecule has 2 aromatic carbocycles. The Bertz CT molecular complexity index is 1020. The van der Waals surface area contributed by atoms with Gasteiger partial charge in [0, 0.05) is 41.9 Å². The van der Waals surface area contributed by atoms with Gasteiger partial charge < -0.3 is 18.8 Å². The molecule has 0 bridgehead atoms. The summed E-state index contributed by atoms with van der Waals surface area (Å²) in [6, 6.07) is 11.4. The number of fused-ring (bicyclic) bond motifs is 1. The van der Waals surface area contributed by atoms with Crippen LogP contribution in [0.4, 0.5) is 5.69 Å². The first-order chi connectivity index (χ1) is 13.0. The van der Waals surface area contributed by atoms with Gasteiger partial charge in [-0.1, -0.05) is 0 Å². The van der Waals surface area contributed by atoms with E-state index in [9.17, 15) is 4.79 Å². The number of aryl methyl sites for hydroxylation is 1. The average molecular weight is 367 g/mol. The predicted molar refractivity (Wildman–Crippen MR) is 109 cm³/mol. The summed E-state index contributed by atoms with van der Waals surface area (Å²) in [5.74, 6) is 1.24. The van der Waals surface area contributed by atoms with Crippen LogP contribution in [-0.4, -0.2) is 27.3 Å². The van der Waals surface area contributed by atoms with Gasteiger partial charge in [0.25, 0.3) is 0 Å². The van der Waals surface area contributed by atoms with Crippen molar-refractivity contribution in [3.8, 4) is 22.6 Å². The number of hydrogen-bond acceptors (Lipinski definition) is 5. The van der Waals surface area contributed by atoms with Crippen LogP contribution < -0.4 is 20.0 Å². The summed E-state index contributed by atoms with van der Waals surface area (Å²) in [5, 5.41) is 0.915. The number of rotatable bonds is 6. The highest BCUT2D eigenvalue weighted by molar-refractivity contribution is 5.89. The van der Waals surface area contributed by atoms with Gasteiger partial charge >= 0.3 is 5.63 Å². The van der Waals surface area contributed by atoms with Crippen molar-refractivity contribution >= 4 is 16.7 Å². The van der Waals surface area contributed by atoms with Gasteiger partial charge in [-0.15, -0.1) is 0 Å². The minimum atomic E-state index is -0.375. The van der Waals surface area contributed by atoms with E-state index in [4.69, 9.17) is 13.9 Å². The number of hydrogen-bond donors (Lipinski definition) is 0. The van der Waals surface area contributed by atoms with Gasteiger partial charge in [-0.25, -0.2) is 4.79 Å². The summed E-state index contributed by atoms with van der Waals surface area (Å²) in [6.45, 7) is 7.94. The minimum Gasteiger partial charge on any atom is -0.497 e. The van der Waals surface area contributed by atoms with Crippen molar-refractivity contribution in [1.82, 2.24) is 0 Å². The molecule has 5 heteroatoms. The Hall–Kier alpha value is -2.95. The molecule has 0 radical (unpaired) electrons. The lowest BCUT2D eigenvalue weighted by Crippen LogP contribution is -2.21. The van der Waals surface area contributed by atoms with Crippen LogP contribution in [0.3, 0.4) is 0 Å². The lowest BCUT2D eigenvalue weighted by molar-refractivity contribution is 0.395. The maximum absolute atomic E-state index is 12.8. The zero-order valence-electron chi connectivity index (χ0n) is 16.5. The van der Waals surface area contributed by atoms with Crippen LogP contribution in [-0.2, 0) is 0 Å². The van der Waals surface area contributed by atoms with Crippen LogP contribution in [0, 0.1) is 6.92 Å². The van der Waals surface area contributed by atoms with Crippen molar-refractivity contribution in [2.24, 2.45) is 0 Å². The first-order valence-electron chi connectivity index (χ1n) is 9.08. The molecule has 0 aliphatic heterocycles. The lowest BCUT2D eigenvalue weighted by atomic mass is 9.98. The van der Waals surface area contributed by atoms with Crippen LogP contribution in [0.15, 0.2) is 45.6 Å². The molecule has 0 aliphatic rings. The lowest BCUT2D eigenvalue weighted by Gasteiger charge is -2.21. The van der Waals surface area contributed by atoms with E-state index in [1.54, 1.807) is 20.3 Å². The number of methoxy groups -OCH3 is 2. The second-order valence-corrected chi connectivity index (χ2v) is 6.31. The third kappa shape index (κ3) is 3.37. The molecule has 3 aromatic rings. The Morgan fingerprint density at radius 2 is 1.74 bits per heavy atom. The van der Waals surface area contributed by atoms with E-state index in [0.717, 1.165) is 29.7 Å². The van der Waals surface area contributed by atoms with E-state index in [1.165, 1.54) is 0 Å². The molecule has 0 N–H and O–H groups in total. The largest absolute Gasteiger partial charge is 0.497 e. The van der Waals surface area contributed by atoms with Crippen LogP contribution in [0.1, 0.15) is 19.4 Å².